The number of benzene rings is 5. The summed E-state index contributed by atoms with van der Waals surface area (Å²) in [6.07, 6.45) is -18.5. The van der Waals surface area contributed by atoms with Crippen LogP contribution in [0.4, 0.5) is 0 Å². The monoisotopic (exact) mass is 1480 g/mol. The number of fused-ring (bicyclic) bond motifs is 15. The van der Waals surface area contributed by atoms with Gasteiger partial charge in [-0.1, -0.05) is 62.2 Å². The van der Waals surface area contributed by atoms with E-state index in [-0.39, 0.29) is 46.2 Å². The van der Waals surface area contributed by atoms with Crippen molar-refractivity contribution in [1.82, 2.24) is 36.8 Å². The summed E-state index contributed by atoms with van der Waals surface area (Å²) in [7, 11) is 1.65. The number of nitrogens with one attached hydrogen (secondary N) is 6. The third-order valence-electron chi connectivity index (χ3n) is 18.4. The Morgan fingerprint density at radius 1 is 0.728 bits per heavy atom. The molecule has 0 spiro atoms. The van der Waals surface area contributed by atoms with Crippen LogP contribution in [0.3, 0.4) is 0 Å². The second-order valence-corrected chi connectivity index (χ2v) is 27.3. The highest BCUT2D eigenvalue weighted by atomic mass is 35.5. The normalized spacial score (nSPS) is 29.2. The van der Waals surface area contributed by atoms with Crippen LogP contribution in [0.2, 0.25) is 10.0 Å². The van der Waals surface area contributed by atoms with Crippen molar-refractivity contribution >= 4 is 70.5 Å². The van der Waals surface area contributed by atoms with E-state index in [9.17, 15) is 75.0 Å². The number of primary amides is 1. The molecule has 103 heavy (non-hydrogen) atoms. The summed E-state index contributed by atoms with van der Waals surface area (Å²) in [4.78, 5) is 119. The molecule has 18 atom stereocenters. The largest absolute Gasteiger partial charge is 0.508 e. The second-order valence-electron chi connectivity index (χ2n) is 26.5. The van der Waals surface area contributed by atoms with Gasteiger partial charge in [0.15, 0.2) is 29.9 Å². The second kappa shape index (κ2) is 31.0. The fourth-order valence-corrected chi connectivity index (χ4v) is 13.3. The fraction of sp³-hybridized carbons (Fsp3) is 0.441. The Balaban J connectivity index is 1.24. The van der Waals surface area contributed by atoms with Crippen LogP contribution in [0.15, 0.2) is 78.9 Å². The van der Waals surface area contributed by atoms with Crippen molar-refractivity contribution in [3.63, 3.8) is 0 Å². The summed E-state index contributed by atoms with van der Waals surface area (Å²) in [5.41, 5.74) is 8.06. The number of carbonyl (C=O) groups excluding carboxylic acids is 7. The lowest BCUT2D eigenvalue weighted by atomic mass is 9.86. The number of hydrogen-bond acceptors (Lipinski definition) is 25. The van der Waals surface area contributed by atoms with Crippen molar-refractivity contribution in [1.29, 1.82) is 0 Å². The average molecular weight is 1480 g/mol. The molecule has 11 bridgehead atoms. The number of nitrogens with zero attached hydrogens (tertiary/aromatic N) is 1. The smallest absolute Gasteiger partial charge is 0.330 e. The molecule has 12 rings (SSSR count). The Labute approximate surface area is 597 Å². The van der Waals surface area contributed by atoms with Gasteiger partial charge in [-0.15, -0.1) is 0 Å². The first-order chi connectivity index (χ1) is 48.6. The lowest BCUT2D eigenvalue weighted by Crippen LogP contribution is -2.64. The minimum atomic E-state index is -2.35. The molecule has 5 aromatic rings. The molecule has 554 valence electrons. The molecule has 33 nitrogen and oxygen atoms in total. The van der Waals surface area contributed by atoms with Gasteiger partial charge in [0, 0.05) is 34.7 Å². The Bertz CT molecular complexity index is 4130. The first kappa shape index (κ1) is 76.4. The van der Waals surface area contributed by atoms with Gasteiger partial charge in [-0.05, 0) is 117 Å². The molecule has 2 fully saturated rings. The predicted octanol–water partition coefficient (Wildman–Crippen LogP) is 0.839. The van der Waals surface area contributed by atoms with Gasteiger partial charge in [0.05, 0.1) is 41.3 Å². The van der Waals surface area contributed by atoms with Crippen LogP contribution in [-0.4, -0.2) is 202 Å². The van der Waals surface area contributed by atoms with Crippen molar-refractivity contribution in [2.24, 2.45) is 17.4 Å². The minimum absolute atomic E-state index is 0.0915. The van der Waals surface area contributed by atoms with E-state index in [0.717, 1.165) is 66.7 Å². The molecular weight excluding hydrogens is 1400 g/mol. The Morgan fingerprint density at radius 3 is 1.91 bits per heavy atom. The fourth-order valence-electron chi connectivity index (χ4n) is 12.8. The number of aromatic hydroxyl groups is 3. The number of halogens is 2. The number of ether oxygens (including phenoxy) is 6. The van der Waals surface area contributed by atoms with Gasteiger partial charge in [-0.2, -0.15) is 0 Å². The van der Waals surface area contributed by atoms with Crippen molar-refractivity contribution in [3.8, 4) is 57.1 Å². The van der Waals surface area contributed by atoms with Gasteiger partial charge in [-0.25, -0.2) is 4.79 Å². The number of rotatable bonds is 14. The summed E-state index contributed by atoms with van der Waals surface area (Å²) in [6.45, 7) is 7.85. The van der Waals surface area contributed by atoms with E-state index >= 15 is 14.4 Å². The number of aliphatic carboxylic acids is 1. The number of carbonyl (C=O) groups is 8. The van der Waals surface area contributed by atoms with Gasteiger partial charge in [0.2, 0.25) is 53.4 Å². The number of hydrogen-bond donors (Lipinski definition) is 18. The number of carboxylic acids is 1. The molecule has 7 aliphatic rings. The summed E-state index contributed by atoms with van der Waals surface area (Å²) in [5.74, 6) is -15.9. The average Bonchev–Trinajstić information content (AvgIpc) is 0.769. The predicted molar refractivity (Wildman–Crippen MR) is 359 cm³/mol. The zero-order valence-electron chi connectivity index (χ0n) is 56.0. The lowest BCUT2D eigenvalue weighted by molar-refractivity contribution is -0.333. The maximum Gasteiger partial charge on any atom is 0.330 e. The highest BCUT2D eigenvalue weighted by molar-refractivity contribution is 6.32. The van der Waals surface area contributed by atoms with E-state index in [1.807, 2.05) is 13.8 Å². The van der Waals surface area contributed by atoms with E-state index in [1.165, 1.54) is 26.0 Å². The minimum Gasteiger partial charge on any atom is -0.508 e. The molecule has 0 radical (unpaired) electrons. The molecule has 8 unspecified atom stereocenters. The molecule has 35 heteroatoms. The molecule has 7 heterocycles. The molecule has 0 aliphatic carbocycles. The highest BCUT2D eigenvalue weighted by Gasteiger charge is 2.52. The molecule has 2 saturated heterocycles. The van der Waals surface area contributed by atoms with Crippen LogP contribution < -0.4 is 57.6 Å². The summed E-state index contributed by atoms with van der Waals surface area (Å²) in [5, 5.41) is 128. The maximum absolute atomic E-state index is 16.1. The quantitative estimate of drug-likeness (QED) is 0.0732. The molecule has 7 amide bonds. The number of aliphatic hydroxyl groups excluding tert-OH is 6. The van der Waals surface area contributed by atoms with Gasteiger partial charge < -0.3 is 123 Å². The maximum atomic E-state index is 16.1. The third-order valence-corrected chi connectivity index (χ3v) is 19.0. The number of nitrogens with two attached hydrogens (primary N) is 2. The van der Waals surface area contributed by atoms with Crippen LogP contribution >= 0.6 is 23.2 Å². The van der Waals surface area contributed by atoms with Gasteiger partial charge >= 0.3 is 5.97 Å². The Kier molecular flexibility index (Phi) is 23.0. The summed E-state index contributed by atoms with van der Waals surface area (Å²) < 4.78 is 38.4. The summed E-state index contributed by atoms with van der Waals surface area (Å²) in [6, 6.07) is -0.541. The van der Waals surface area contributed by atoms with E-state index in [1.54, 1.807) is 18.9 Å². The highest BCUT2D eigenvalue weighted by Crippen LogP contribution is 2.50. The van der Waals surface area contributed by atoms with E-state index < -0.39 is 237 Å². The van der Waals surface area contributed by atoms with Gasteiger partial charge in [0.1, 0.15) is 89.5 Å². The van der Waals surface area contributed by atoms with Crippen molar-refractivity contribution in [2.45, 2.75) is 163 Å². The Morgan fingerprint density at radius 2 is 1.33 bits per heavy atom. The van der Waals surface area contributed by atoms with Crippen LogP contribution in [0.5, 0.6) is 46.0 Å². The third kappa shape index (κ3) is 16.3. The van der Waals surface area contributed by atoms with E-state index in [0.29, 0.717) is 6.54 Å². The van der Waals surface area contributed by atoms with Crippen molar-refractivity contribution < 1.29 is 118 Å². The number of phenols is 3. The first-order valence-electron chi connectivity index (χ1n) is 32.6. The zero-order valence-corrected chi connectivity index (χ0v) is 57.5. The zero-order chi connectivity index (χ0) is 75.1. The molecule has 0 aromatic heterocycles. The van der Waals surface area contributed by atoms with Gasteiger partial charge in [-0.3, -0.25) is 38.5 Å². The molecule has 7 aliphatic heterocycles. The lowest BCUT2D eigenvalue weighted by Gasteiger charge is -2.47. The number of aliphatic hydroxyl groups is 6. The number of carboxylic acid groups (broad SMARTS) is 1. The Hall–Kier alpha value is -9.20. The van der Waals surface area contributed by atoms with Crippen LogP contribution in [0.1, 0.15) is 112 Å². The van der Waals surface area contributed by atoms with Crippen LogP contribution in [0.25, 0.3) is 11.1 Å². The SMILES string of the molecule is CCN(C)[C@H](CC(C)C)C(=O)N[C@H]1C(=O)N[C@@H](CC(N)=O)C(=O)N[C@H]2C(=O)N[C@H]3C(=O)N[C@H](C(=O)N[C@H](C(=O)O)c4cc(O)cc(O)c4-c4cc3ccc4O)[C@H](O)c3ccc(c(Cl)c3)Oc3cc2cc(c3OC2OC(CO)C(O)C(O)C2OC2C[C@](C)(N)C(O)C(C)O2)Oc2ccc(cc2Cl)[C@H]1O. The number of amides is 7. The van der Waals surface area contributed by atoms with Crippen LogP contribution in [-0.2, 0) is 52.6 Å². The number of likely N-dealkylation sites (N-methyl/N-ethyl adjacent to an activating group) is 1. The first-order valence-corrected chi connectivity index (χ1v) is 33.3. The standard InChI is InChI=1S/C68H79Cl2N9O24/c1-7-79(6)37(14-25(2)3)61(91)77-51-53(85)28-9-12-40(34(69)16-28)99-42-18-30-19-43(57(42)103-67-58(56(88)55(87)44(24-80)101-67)102-46-23-68(5,72)59(89)26(4)98-46)100-41-13-10-29(17-35(41)70)54(86)52-65(95)76-50(66(96)97)33-20-31(81)21-39(83)47(33)32-15-27(8-11-38(32)82)48(62(92)78-52)75-63(93)49(30)74-60(90)36(22-45(71)84)73-64(51)94/h8-13,15-21,25-26,36-37,44,46,48-56,58-59,67,80-83,85-89H,7,14,22-24,72H2,1-6H3,(H2,71,84)(H,73,94)(H,74,90)(H,75,93)(H,76,95)(H,77,91)(H,78,92)(H,96,97)/t26?,36-,37+,44?,46?,48+,49+,50-,51+,52-,53+,54+,55?,56?,58?,59?,67?,68-/m0/s1. The molecule has 5 aromatic carbocycles. The van der Waals surface area contributed by atoms with Crippen molar-refractivity contribution in [2.75, 3.05) is 20.2 Å². The summed E-state index contributed by atoms with van der Waals surface area (Å²) >= 11 is 14.2. The molecule has 0 saturated carbocycles. The van der Waals surface area contributed by atoms with Gasteiger partial charge in [0.25, 0.3) is 0 Å². The topological polar surface area (TPSA) is 522 Å². The van der Waals surface area contributed by atoms with Crippen LogP contribution in [0, 0.1) is 5.92 Å². The van der Waals surface area contributed by atoms with Crippen molar-refractivity contribution in [3.05, 3.63) is 117 Å². The molecular formula is C68H79Cl2N9O24. The number of phenolic OH excluding ortho intramolecular Hbond substituents is 3. The van der Waals surface area contributed by atoms with E-state index in [4.69, 9.17) is 63.1 Å². The van der Waals surface area contributed by atoms with E-state index in [2.05, 4.69) is 31.9 Å². The molecule has 20 N–H and O–H groups in total.